The second kappa shape index (κ2) is 12.1. The highest BCUT2D eigenvalue weighted by Gasteiger charge is 2.30. The van der Waals surface area contributed by atoms with Crippen LogP contribution in [-0.2, 0) is 9.53 Å². The Kier molecular flexibility index (Phi) is 8.40. The first-order chi connectivity index (χ1) is 17.9. The summed E-state index contributed by atoms with van der Waals surface area (Å²) in [7, 11) is 0. The number of fused-ring (bicyclic) bond motifs is 1. The molecule has 4 aromatic rings. The highest BCUT2D eigenvalue weighted by atomic mass is 79.9. The number of para-hydroxylation sites is 1. The summed E-state index contributed by atoms with van der Waals surface area (Å²) in [5, 5.41) is 24.1. The number of carbonyl (C=O) groups excluding carboxylic acids is 2. The smallest absolute Gasteiger partial charge is 0.412 e. The molecule has 0 aliphatic carbocycles. The van der Waals surface area contributed by atoms with Gasteiger partial charge in [0.15, 0.2) is 12.2 Å². The fourth-order valence-electron chi connectivity index (χ4n) is 3.73. The number of hydrogen-bond donors (Lipinski definition) is 4. The van der Waals surface area contributed by atoms with Gasteiger partial charge in [0.25, 0.3) is 5.91 Å². The second-order valence-electron chi connectivity index (χ2n) is 7.91. The van der Waals surface area contributed by atoms with Crippen LogP contribution in [0.15, 0.2) is 108 Å². The van der Waals surface area contributed by atoms with E-state index in [-0.39, 0.29) is 11.3 Å². The fraction of sp³-hybridized carbons (Fsp3) is 0.0714. The maximum Gasteiger partial charge on any atom is 0.412 e. The standard InChI is InChI=1S/C28H23BrN2O6/c29-19-13-14-24(32)22(17-19)27(25(15-16-26(33)31-35)36-20-9-2-1-3-10-20)37-28(34)30-23-12-6-8-18-7-4-5-11-21(18)23/h1-17,25,27,32,35H,(H,30,34)(H,31,33)/b16-15+/t25-,27-/m0/s1. The number of nitrogens with one attached hydrogen (secondary N) is 2. The van der Waals surface area contributed by atoms with E-state index in [1.165, 1.54) is 17.6 Å². The van der Waals surface area contributed by atoms with Gasteiger partial charge in [-0.1, -0.05) is 70.5 Å². The van der Waals surface area contributed by atoms with Gasteiger partial charge in [-0.3, -0.25) is 15.3 Å². The molecule has 0 spiro atoms. The molecule has 2 amide bonds. The number of anilines is 1. The van der Waals surface area contributed by atoms with Gasteiger partial charge < -0.3 is 14.6 Å². The van der Waals surface area contributed by atoms with E-state index in [4.69, 9.17) is 14.7 Å². The zero-order valence-electron chi connectivity index (χ0n) is 19.4. The van der Waals surface area contributed by atoms with E-state index in [2.05, 4.69) is 21.2 Å². The summed E-state index contributed by atoms with van der Waals surface area (Å²) < 4.78 is 12.5. The molecule has 0 radical (unpaired) electrons. The average molecular weight is 563 g/mol. The maximum atomic E-state index is 13.2. The highest BCUT2D eigenvalue weighted by Crippen LogP contribution is 2.35. The molecular formula is C28H23BrN2O6. The van der Waals surface area contributed by atoms with Crippen LogP contribution in [0.5, 0.6) is 11.5 Å². The molecule has 0 saturated carbocycles. The number of ether oxygens (including phenoxy) is 2. The molecule has 0 aliphatic rings. The molecule has 188 valence electrons. The molecule has 4 aromatic carbocycles. The summed E-state index contributed by atoms with van der Waals surface area (Å²) in [5.41, 5.74) is 2.29. The van der Waals surface area contributed by atoms with Gasteiger partial charge in [-0.15, -0.1) is 0 Å². The van der Waals surface area contributed by atoms with Crippen LogP contribution in [0.25, 0.3) is 10.8 Å². The molecule has 9 heteroatoms. The molecule has 0 saturated heterocycles. The first-order valence-corrected chi connectivity index (χ1v) is 12.0. The molecular weight excluding hydrogens is 540 g/mol. The Morgan fingerprint density at radius 1 is 0.919 bits per heavy atom. The largest absolute Gasteiger partial charge is 0.508 e. The average Bonchev–Trinajstić information content (AvgIpc) is 2.92. The van der Waals surface area contributed by atoms with Gasteiger partial charge in [-0.2, -0.15) is 0 Å². The first kappa shape index (κ1) is 25.7. The number of benzene rings is 4. The summed E-state index contributed by atoms with van der Waals surface area (Å²) in [6.07, 6.45) is -0.702. The summed E-state index contributed by atoms with van der Waals surface area (Å²) in [6.45, 7) is 0. The van der Waals surface area contributed by atoms with E-state index >= 15 is 0 Å². The lowest BCUT2D eigenvalue weighted by atomic mass is 10.0. The predicted molar refractivity (Wildman–Crippen MR) is 143 cm³/mol. The van der Waals surface area contributed by atoms with E-state index in [9.17, 15) is 14.7 Å². The Morgan fingerprint density at radius 2 is 1.65 bits per heavy atom. The summed E-state index contributed by atoms with van der Waals surface area (Å²) in [4.78, 5) is 24.9. The highest BCUT2D eigenvalue weighted by molar-refractivity contribution is 9.10. The summed E-state index contributed by atoms with van der Waals surface area (Å²) in [5.74, 6) is -0.522. The van der Waals surface area contributed by atoms with Crippen molar-refractivity contribution in [2.45, 2.75) is 12.2 Å². The number of phenolic OH excluding ortho intramolecular Hbond substituents is 1. The lowest BCUT2D eigenvalue weighted by Gasteiger charge is -2.27. The van der Waals surface area contributed by atoms with E-state index in [0.717, 1.165) is 16.8 Å². The van der Waals surface area contributed by atoms with Crippen LogP contribution in [0, 0.1) is 0 Å². The zero-order chi connectivity index (χ0) is 26.2. The van der Waals surface area contributed by atoms with Crippen LogP contribution in [0.3, 0.4) is 0 Å². The van der Waals surface area contributed by atoms with Gasteiger partial charge >= 0.3 is 6.09 Å². The molecule has 4 rings (SSSR count). The minimum atomic E-state index is -1.20. The van der Waals surface area contributed by atoms with Crippen molar-refractivity contribution in [3.63, 3.8) is 0 Å². The molecule has 0 aromatic heterocycles. The monoisotopic (exact) mass is 562 g/mol. The molecule has 0 unspecified atom stereocenters. The van der Waals surface area contributed by atoms with Crippen molar-refractivity contribution in [2.24, 2.45) is 0 Å². The zero-order valence-corrected chi connectivity index (χ0v) is 21.0. The summed E-state index contributed by atoms with van der Waals surface area (Å²) >= 11 is 3.38. The van der Waals surface area contributed by atoms with Crippen molar-refractivity contribution >= 4 is 44.4 Å². The van der Waals surface area contributed by atoms with Crippen molar-refractivity contribution in [1.82, 2.24) is 5.48 Å². The summed E-state index contributed by atoms with van der Waals surface area (Å²) in [6, 6.07) is 26.4. The predicted octanol–water partition coefficient (Wildman–Crippen LogP) is 6.11. The van der Waals surface area contributed by atoms with Gasteiger partial charge in [0, 0.05) is 21.5 Å². The third kappa shape index (κ3) is 6.66. The Hall–Kier alpha value is -4.34. The van der Waals surface area contributed by atoms with Crippen molar-refractivity contribution in [1.29, 1.82) is 0 Å². The number of amides is 2. The SMILES string of the molecule is O=C(/C=C/[C@H](Oc1ccccc1)[C@@H](OC(=O)Nc1cccc2ccccc12)c1cc(Br)ccc1O)NO. The second-order valence-corrected chi connectivity index (χ2v) is 8.83. The molecule has 8 nitrogen and oxygen atoms in total. The van der Waals surface area contributed by atoms with Crippen LogP contribution in [0.4, 0.5) is 10.5 Å². The van der Waals surface area contributed by atoms with E-state index < -0.39 is 24.2 Å². The Balaban J connectivity index is 1.71. The van der Waals surface area contributed by atoms with Crippen LogP contribution >= 0.6 is 15.9 Å². The lowest BCUT2D eigenvalue weighted by molar-refractivity contribution is -0.124. The van der Waals surface area contributed by atoms with Gasteiger partial charge in [0.05, 0.1) is 5.69 Å². The normalized spacial score (nSPS) is 12.6. The molecule has 2 atom stereocenters. The van der Waals surface area contributed by atoms with Crippen molar-refractivity contribution in [3.05, 3.63) is 113 Å². The number of rotatable bonds is 8. The number of carbonyl (C=O) groups is 2. The lowest BCUT2D eigenvalue weighted by Crippen LogP contribution is -2.30. The van der Waals surface area contributed by atoms with E-state index in [1.54, 1.807) is 42.5 Å². The minimum Gasteiger partial charge on any atom is -0.508 e. The van der Waals surface area contributed by atoms with Crippen LogP contribution in [-0.4, -0.2) is 28.4 Å². The number of hydroxylamine groups is 1. The molecule has 0 fully saturated rings. The molecule has 37 heavy (non-hydrogen) atoms. The topological polar surface area (TPSA) is 117 Å². The van der Waals surface area contributed by atoms with Gasteiger partial charge in [-0.05, 0) is 47.9 Å². The van der Waals surface area contributed by atoms with Crippen molar-refractivity contribution in [3.8, 4) is 11.5 Å². The number of phenols is 1. The van der Waals surface area contributed by atoms with E-state index in [1.807, 2.05) is 42.5 Å². The first-order valence-electron chi connectivity index (χ1n) is 11.2. The number of halogens is 1. The fourth-order valence-corrected chi connectivity index (χ4v) is 4.11. The van der Waals surface area contributed by atoms with Gasteiger partial charge in [-0.25, -0.2) is 10.3 Å². The minimum absolute atomic E-state index is 0.146. The molecule has 4 N–H and O–H groups in total. The molecule has 0 heterocycles. The Bertz CT molecular complexity index is 1420. The van der Waals surface area contributed by atoms with Crippen LogP contribution in [0.2, 0.25) is 0 Å². The molecule has 0 bridgehead atoms. The number of hydrogen-bond acceptors (Lipinski definition) is 6. The molecule has 0 aliphatic heterocycles. The van der Waals surface area contributed by atoms with Crippen molar-refractivity contribution in [2.75, 3.05) is 5.32 Å². The van der Waals surface area contributed by atoms with E-state index in [0.29, 0.717) is 15.9 Å². The Labute approximate surface area is 221 Å². The van der Waals surface area contributed by atoms with Gasteiger partial charge in [0.2, 0.25) is 0 Å². The van der Waals surface area contributed by atoms with Gasteiger partial charge in [0.1, 0.15) is 11.5 Å². The van der Waals surface area contributed by atoms with Crippen LogP contribution < -0.4 is 15.5 Å². The third-order valence-corrected chi connectivity index (χ3v) is 5.91. The van der Waals surface area contributed by atoms with Crippen LogP contribution in [0.1, 0.15) is 11.7 Å². The van der Waals surface area contributed by atoms with Crippen molar-refractivity contribution < 1.29 is 29.4 Å². The maximum absolute atomic E-state index is 13.2. The third-order valence-electron chi connectivity index (χ3n) is 5.42. The quantitative estimate of drug-likeness (QED) is 0.117. The number of aromatic hydroxyl groups is 1. The Morgan fingerprint density at radius 3 is 2.43 bits per heavy atom.